The lowest BCUT2D eigenvalue weighted by Gasteiger charge is -2.16. The van der Waals surface area contributed by atoms with Crippen LogP contribution in [0.5, 0.6) is 0 Å². The molecule has 1 aromatic heterocycles. The first-order valence-corrected chi connectivity index (χ1v) is 11.3. The Morgan fingerprint density at radius 1 is 1.15 bits per heavy atom. The Morgan fingerprint density at radius 2 is 1.85 bits per heavy atom. The highest BCUT2D eigenvalue weighted by Gasteiger charge is 2.30. The Labute approximate surface area is 166 Å². The number of sulfonamides is 1. The first kappa shape index (κ1) is 21.4. The molecule has 1 N–H and O–H groups in total. The Kier molecular flexibility index (Phi) is 7.84. The van der Waals surface area contributed by atoms with Crippen molar-refractivity contribution in [2.75, 3.05) is 20.0 Å². The maximum atomic E-state index is 12.7. The first-order chi connectivity index (χ1) is 12.9. The molecule has 0 amide bonds. The predicted octanol–water partition coefficient (Wildman–Crippen LogP) is 2.29. The van der Waals surface area contributed by atoms with E-state index in [0.29, 0.717) is 5.75 Å². The van der Waals surface area contributed by atoms with Crippen molar-refractivity contribution in [3.05, 3.63) is 52.2 Å². The van der Waals surface area contributed by atoms with Crippen LogP contribution in [0.1, 0.15) is 15.2 Å². The number of nitrogens with one attached hydrogen (secondary N) is 1. The van der Waals surface area contributed by atoms with E-state index in [0.717, 1.165) is 16.9 Å². The highest BCUT2D eigenvalue weighted by molar-refractivity contribution is 7.98. The number of carbonyl (C=O) groups is 2. The molecule has 0 aliphatic carbocycles. The van der Waals surface area contributed by atoms with Crippen LogP contribution in [0.15, 0.2) is 46.7 Å². The lowest BCUT2D eigenvalue weighted by atomic mass is 10.2. The van der Waals surface area contributed by atoms with Gasteiger partial charge in [0, 0.05) is 11.5 Å². The largest absolute Gasteiger partial charge is 0.468 e. The van der Waals surface area contributed by atoms with Crippen molar-refractivity contribution >= 4 is 45.1 Å². The summed E-state index contributed by atoms with van der Waals surface area (Å²) in [7, 11) is -1.75. The number of carbonyl (C=O) groups excluding carboxylic acids is 2. The van der Waals surface area contributed by atoms with Gasteiger partial charge in [-0.2, -0.15) is 16.5 Å². The molecule has 0 saturated heterocycles. The molecule has 0 spiro atoms. The monoisotopic (exact) mass is 429 g/mol. The molecule has 146 valence electrons. The van der Waals surface area contributed by atoms with E-state index in [4.69, 9.17) is 4.74 Å². The van der Waals surface area contributed by atoms with Crippen molar-refractivity contribution in [3.8, 4) is 0 Å². The number of hydrogen-bond acceptors (Lipinski definition) is 8. The second kappa shape index (κ2) is 9.88. The molecule has 0 saturated carbocycles. The molecular formula is C17H19NO6S3. The predicted molar refractivity (Wildman–Crippen MR) is 104 cm³/mol. The molecule has 0 bridgehead atoms. The molecule has 7 nitrogen and oxygen atoms in total. The zero-order valence-corrected chi connectivity index (χ0v) is 17.2. The first-order valence-electron chi connectivity index (χ1n) is 7.76. The molecule has 1 unspecified atom stereocenters. The van der Waals surface area contributed by atoms with Crippen LogP contribution in [0.2, 0.25) is 0 Å². The van der Waals surface area contributed by atoms with Gasteiger partial charge in [-0.1, -0.05) is 30.3 Å². The van der Waals surface area contributed by atoms with Crippen LogP contribution in [0.25, 0.3) is 0 Å². The quantitative estimate of drug-likeness (QED) is 0.611. The summed E-state index contributed by atoms with van der Waals surface area (Å²) in [5.74, 6) is -0.659. The Morgan fingerprint density at radius 3 is 2.48 bits per heavy atom. The van der Waals surface area contributed by atoms with E-state index >= 15 is 0 Å². The summed E-state index contributed by atoms with van der Waals surface area (Å²) in [4.78, 5) is 23.5. The summed E-state index contributed by atoms with van der Waals surface area (Å²) >= 11 is 2.34. The molecule has 0 aliphatic heterocycles. The fraction of sp³-hybridized carbons (Fsp3) is 0.294. The van der Waals surface area contributed by atoms with Gasteiger partial charge in [0.25, 0.3) is 0 Å². The molecule has 0 aliphatic rings. The van der Waals surface area contributed by atoms with E-state index in [1.807, 2.05) is 30.3 Å². The molecule has 0 fully saturated rings. The highest BCUT2D eigenvalue weighted by atomic mass is 32.2. The van der Waals surface area contributed by atoms with Crippen LogP contribution in [0, 0.1) is 0 Å². The van der Waals surface area contributed by atoms with Gasteiger partial charge in [-0.3, -0.25) is 4.79 Å². The number of hydrogen-bond donors (Lipinski definition) is 1. The van der Waals surface area contributed by atoms with E-state index in [2.05, 4.69) is 9.46 Å². The van der Waals surface area contributed by atoms with Gasteiger partial charge in [0.15, 0.2) is 0 Å². The van der Waals surface area contributed by atoms with Crippen LogP contribution < -0.4 is 4.72 Å². The summed E-state index contributed by atoms with van der Waals surface area (Å²) in [6.07, 6.45) is 0. The molecule has 27 heavy (non-hydrogen) atoms. The highest BCUT2D eigenvalue weighted by Crippen LogP contribution is 2.23. The van der Waals surface area contributed by atoms with Gasteiger partial charge in [0.1, 0.15) is 15.8 Å². The lowest BCUT2D eigenvalue weighted by molar-refractivity contribution is -0.141. The third-order valence-electron chi connectivity index (χ3n) is 3.47. The average molecular weight is 430 g/mol. The van der Waals surface area contributed by atoms with Crippen molar-refractivity contribution < 1.29 is 27.5 Å². The van der Waals surface area contributed by atoms with E-state index in [1.165, 1.54) is 37.4 Å². The van der Waals surface area contributed by atoms with Crippen molar-refractivity contribution in [3.63, 3.8) is 0 Å². The Bertz CT molecular complexity index is 879. The summed E-state index contributed by atoms with van der Waals surface area (Å²) in [6, 6.07) is 9.81. The average Bonchev–Trinajstić information content (AvgIpc) is 3.17. The van der Waals surface area contributed by atoms with Crippen molar-refractivity contribution in [1.82, 2.24) is 4.72 Å². The van der Waals surface area contributed by atoms with E-state index < -0.39 is 28.0 Å². The number of thiophene rings is 1. The topological polar surface area (TPSA) is 98.8 Å². The van der Waals surface area contributed by atoms with Crippen LogP contribution >= 0.6 is 23.1 Å². The molecular weight excluding hydrogens is 410 g/mol. The van der Waals surface area contributed by atoms with E-state index in [1.54, 1.807) is 0 Å². The Balaban J connectivity index is 2.11. The maximum absolute atomic E-state index is 12.7. The molecule has 1 heterocycles. The number of methoxy groups -OCH3 is 2. The van der Waals surface area contributed by atoms with Gasteiger partial charge in [-0.05, 0) is 17.0 Å². The molecule has 1 aromatic carbocycles. The second-order valence-corrected chi connectivity index (χ2v) is 8.93. The van der Waals surface area contributed by atoms with Crippen LogP contribution in [-0.4, -0.2) is 46.4 Å². The van der Waals surface area contributed by atoms with Gasteiger partial charge in [-0.15, -0.1) is 11.3 Å². The fourth-order valence-corrected chi connectivity index (χ4v) is 5.79. The standard InChI is InChI=1S/C17H19NO6S3/c1-23-16(19)13(11-25-10-12-6-4-3-5-7-12)18-27(21,22)14-8-9-26-15(14)17(20)24-2/h3-9,13,18H,10-11H2,1-2H3. The number of ether oxygens (including phenoxy) is 2. The molecule has 1 atom stereocenters. The van der Waals surface area contributed by atoms with E-state index in [9.17, 15) is 18.0 Å². The zero-order valence-electron chi connectivity index (χ0n) is 14.7. The smallest absolute Gasteiger partial charge is 0.349 e. The Hall–Kier alpha value is -1.88. The minimum atomic E-state index is -4.11. The number of thioether (sulfide) groups is 1. The van der Waals surface area contributed by atoms with Crippen molar-refractivity contribution in [2.45, 2.75) is 16.7 Å². The van der Waals surface area contributed by atoms with Crippen LogP contribution in [-0.2, 0) is 30.0 Å². The van der Waals surface area contributed by atoms with Crippen LogP contribution in [0.4, 0.5) is 0 Å². The maximum Gasteiger partial charge on any atom is 0.349 e. The number of rotatable bonds is 9. The summed E-state index contributed by atoms with van der Waals surface area (Å²) in [5.41, 5.74) is 1.06. The molecule has 2 aromatic rings. The number of esters is 2. The summed E-state index contributed by atoms with van der Waals surface area (Å²) < 4.78 is 37.0. The van der Waals surface area contributed by atoms with Gasteiger partial charge in [-0.25, -0.2) is 13.2 Å². The summed E-state index contributed by atoms with van der Waals surface area (Å²) in [6.45, 7) is 0. The van der Waals surface area contributed by atoms with Gasteiger partial charge < -0.3 is 9.47 Å². The lowest BCUT2D eigenvalue weighted by Crippen LogP contribution is -2.43. The summed E-state index contributed by atoms with van der Waals surface area (Å²) in [5, 5.41) is 1.47. The van der Waals surface area contributed by atoms with Crippen molar-refractivity contribution in [2.24, 2.45) is 0 Å². The van der Waals surface area contributed by atoms with Gasteiger partial charge in [0.2, 0.25) is 10.0 Å². The molecule has 2 rings (SSSR count). The minimum absolute atomic E-state index is 0.0504. The normalized spacial score (nSPS) is 12.4. The molecule has 10 heteroatoms. The fourth-order valence-electron chi connectivity index (χ4n) is 2.16. The van der Waals surface area contributed by atoms with Gasteiger partial charge >= 0.3 is 11.9 Å². The third kappa shape index (κ3) is 5.80. The van der Waals surface area contributed by atoms with Crippen LogP contribution in [0.3, 0.4) is 0 Å². The third-order valence-corrected chi connectivity index (χ3v) is 7.11. The van der Waals surface area contributed by atoms with Crippen molar-refractivity contribution in [1.29, 1.82) is 0 Å². The van der Waals surface area contributed by atoms with Gasteiger partial charge in [0.05, 0.1) is 14.2 Å². The SMILES string of the molecule is COC(=O)c1sccc1S(=O)(=O)NC(CSCc1ccccc1)C(=O)OC. The zero-order chi connectivity index (χ0) is 19.9. The number of benzene rings is 1. The molecule has 0 radical (unpaired) electrons. The minimum Gasteiger partial charge on any atom is -0.468 e. The second-order valence-electron chi connectivity index (χ2n) is 5.30. The van der Waals surface area contributed by atoms with E-state index in [-0.39, 0.29) is 15.5 Å².